The number of primary amides is 1. The fourth-order valence-corrected chi connectivity index (χ4v) is 4.07. The van der Waals surface area contributed by atoms with Crippen molar-refractivity contribution >= 4 is 34.2 Å². The minimum atomic E-state index is -0.561. The molecule has 3 N–H and O–H groups in total. The number of nitrogens with one attached hydrogen (secondary N) is 1. The van der Waals surface area contributed by atoms with Gasteiger partial charge in [-0.15, -0.1) is 11.3 Å². The van der Waals surface area contributed by atoms with Crippen molar-refractivity contribution in [3.05, 3.63) is 16.0 Å². The Morgan fingerprint density at radius 1 is 1.28 bits per heavy atom. The van der Waals surface area contributed by atoms with Crippen LogP contribution in [0.15, 0.2) is 0 Å². The number of anilines is 1. The smallest absolute Gasteiger partial charge is 0.410 e. The molecule has 0 atom stereocenters. The molecule has 7 nitrogen and oxygen atoms in total. The van der Waals surface area contributed by atoms with Gasteiger partial charge in [0, 0.05) is 17.3 Å². The van der Waals surface area contributed by atoms with Gasteiger partial charge in [0.05, 0.1) is 12.1 Å². The summed E-state index contributed by atoms with van der Waals surface area (Å²) < 4.78 is 5.41. The van der Waals surface area contributed by atoms with Crippen LogP contribution in [0.2, 0.25) is 0 Å². The SMILES string of the molecule is CC(C)(C)OC(=O)N1CCc2c(sc(NC(=O)C3CC3)c2C(N)=O)C1. The minimum Gasteiger partial charge on any atom is -0.444 e. The fourth-order valence-electron chi connectivity index (χ4n) is 2.79. The Bertz CT molecular complexity index is 731. The van der Waals surface area contributed by atoms with Gasteiger partial charge in [0.15, 0.2) is 0 Å². The molecular weight excluding hydrogens is 342 g/mol. The molecule has 3 rings (SSSR count). The molecular formula is C17H23N3O4S. The number of ether oxygens (including phenoxy) is 1. The van der Waals surface area contributed by atoms with Crippen molar-refractivity contribution in [3.8, 4) is 0 Å². The van der Waals surface area contributed by atoms with E-state index in [0.29, 0.717) is 30.1 Å². The number of carbonyl (C=O) groups excluding carboxylic acids is 3. The molecule has 1 aliphatic heterocycles. The number of thiophene rings is 1. The number of hydrogen-bond acceptors (Lipinski definition) is 5. The second-order valence-electron chi connectivity index (χ2n) is 7.49. The van der Waals surface area contributed by atoms with E-state index in [1.165, 1.54) is 11.3 Å². The van der Waals surface area contributed by atoms with Crippen LogP contribution >= 0.6 is 11.3 Å². The van der Waals surface area contributed by atoms with Crippen molar-refractivity contribution in [1.29, 1.82) is 0 Å². The summed E-state index contributed by atoms with van der Waals surface area (Å²) in [4.78, 5) is 38.7. The molecule has 0 aromatic carbocycles. The highest BCUT2D eigenvalue weighted by molar-refractivity contribution is 7.17. The van der Waals surface area contributed by atoms with Crippen LogP contribution in [-0.4, -0.2) is 35.0 Å². The summed E-state index contributed by atoms with van der Waals surface area (Å²) >= 11 is 1.32. The van der Waals surface area contributed by atoms with Crippen molar-refractivity contribution in [3.63, 3.8) is 0 Å². The van der Waals surface area contributed by atoms with E-state index in [4.69, 9.17) is 10.5 Å². The van der Waals surface area contributed by atoms with Crippen LogP contribution in [0, 0.1) is 5.92 Å². The monoisotopic (exact) mass is 365 g/mol. The first-order valence-corrected chi connectivity index (χ1v) is 9.20. The van der Waals surface area contributed by atoms with Crippen molar-refractivity contribution in [2.45, 2.75) is 52.2 Å². The third kappa shape index (κ3) is 3.95. The molecule has 0 bridgehead atoms. The highest BCUT2D eigenvalue weighted by Gasteiger charge is 2.34. The van der Waals surface area contributed by atoms with Gasteiger partial charge in [-0.2, -0.15) is 0 Å². The van der Waals surface area contributed by atoms with Crippen molar-refractivity contribution in [2.24, 2.45) is 11.7 Å². The lowest BCUT2D eigenvalue weighted by atomic mass is 10.0. The molecule has 1 saturated carbocycles. The number of nitrogens with zero attached hydrogens (tertiary/aromatic N) is 1. The largest absolute Gasteiger partial charge is 0.444 e. The van der Waals surface area contributed by atoms with Crippen LogP contribution in [-0.2, 0) is 22.5 Å². The van der Waals surface area contributed by atoms with E-state index in [9.17, 15) is 14.4 Å². The normalized spacial score (nSPS) is 17.0. The van der Waals surface area contributed by atoms with Crippen LogP contribution in [0.1, 0.15) is 54.4 Å². The minimum absolute atomic E-state index is 0.0399. The van der Waals surface area contributed by atoms with Gasteiger partial charge < -0.3 is 20.7 Å². The quantitative estimate of drug-likeness (QED) is 0.859. The zero-order valence-corrected chi connectivity index (χ0v) is 15.5. The third-order valence-electron chi connectivity index (χ3n) is 4.14. The Balaban J connectivity index is 1.81. The lowest BCUT2D eigenvalue weighted by molar-refractivity contribution is -0.117. The van der Waals surface area contributed by atoms with E-state index >= 15 is 0 Å². The van der Waals surface area contributed by atoms with Gasteiger partial charge in [-0.05, 0) is 45.6 Å². The lowest BCUT2D eigenvalue weighted by Crippen LogP contribution is -2.39. The molecule has 1 aromatic rings. The third-order valence-corrected chi connectivity index (χ3v) is 5.27. The van der Waals surface area contributed by atoms with Gasteiger partial charge in [0.25, 0.3) is 5.91 Å². The van der Waals surface area contributed by atoms with Gasteiger partial charge >= 0.3 is 6.09 Å². The first-order valence-electron chi connectivity index (χ1n) is 8.39. The van der Waals surface area contributed by atoms with Gasteiger partial charge in [0.1, 0.15) is 10.6 Å². The Kier molecular flexibility index (Phi) is 4.49. The Hall–Kier alpha value is -2.09. The van der Waals surface area contributed by atoms with E-state index in [1.807, 2.05) is 20.8 Å². The van der Waals surface area contributed by atoms with Crippen LogP contribution in [0.25, 0.3) is 0 Å². The number of carbonyl (C=O) groups is 3. The van der Waals surface area contributed by atoms with Crippen molar-refractivity contribution in [1.82, 2.24) is 4.90 Å². The van der Waals surface area contributed by atoms with Crippen molar-refractivity contribution in [2.75, 3.05) is 11.9 Å². The maximum atomic E-state index is 12.3. The molecule has 136 valence electrons. The molecule has 1 aliphatic carbocycles. The van der Waals surface area contributed by atoms with Gasteiger partial charge in [-0.1, -0.05) is 0 Å². The summed E-state index contributed by atoms with van der Waals surface area (Å²) in [6, 6.07) is 0. The van der Waals surface area contributed by atoms with Crippen LogP contribution in [0.4, 0.5) is 9.80 Å². The standard InChI is InChI=1S/C17H23N3O4S/c1-17(2,3)24-16(23)20-7-6-10-11(8-20)25-15(12(10)13(18)21)19-14(22)9-4-5-9/h9H,4-8H2,1-3H3,(H2,18,21)(H,19,22). The summed E-state index contributed by atoms with van der Waals surface area (Å²) in [5.74, 6) is -0.572. The van der Waals surface area contributed by atoms with E-state index < -0.39 is 11.5 Å². The average Bonchev–Trinajstić information content (AvgIpc) is 3.26. The van der Waals surface area contributed by atoms with Gasteiger partial charge in [-0.3, -0.25) is 9.59 Å². The fraction of sp³-hybridized carbons (Fsp3) is 0.588. The Labute approximate surface area is 150 Å². The second kappa shape index (κ2) is 6.33. The summed E-state index contributed by atoms with van der Waals surface area (Å²) in [6.45, 7) is 6.27. The molecule has 8 heteroatoms. The van der Waals surface area contributed by atoms with Crippen LogP contribution < -0.4 is 11.1 Å². The van der Waals surface area contributed by atoms with Crippen LogP contribution in [0.5, 0.6) is 0 Å². The summed E-state index contributed by atoms with van der Waals surface area (Å²) in [7, 11) is 0. The number of nitrogens with two attached hydrogens (primary N) is 1. The lowest BCUT2D eigenvalue weighted by Gasteiger charge is -2.30. The molecule has 0 saturated heterocycles. The summed E-state index contributed by atoms with van der Waals surface area (Å²) in [6.07, 6.45) is 1.91. The Morgan fingerprint density at radius 3 is 2.52 bits per heavy atom. The zero-order valence-electron chi connectivity index (χ0n) is 14.7. The molecule has 3 amide bonds. The number of amides is 3. The van der Waals surface area contributed by atoms with E-state index in [-0.39, 0.29) is 17.9 Å². The molecule has 2 aliphatic rings. The topological polar surface area (TPSA) is 102 Å². The predicted octanol–water partition coefficient (Wildman–Crippen LogP) is 2.49. The zero-order chi connectivity index (χ0) is 18.4. The maximum absolute atomic E-state index is 12.3. The number of rotatable bonds is 3. The highest BCUT2D eigenvalue weighted by Crippen LogP contribution is 2.39. The number of hydrogen-bond donors (Lipinski definition) is 2. The van der Waals surface area contributed by atoms with Gasteiger partial charge in [0.2, 0.25) is 5.91 Å². The predicted molar refractivity (Wildman–Crippen MR) is 94.5 cm³/mol. The molecule has 0 radical (unpaired) electrons. The highest BCUT2D eigenvalue weighted by atomic mass is 32.1. The molecule has 0 unspecified atom stereocenters. The molecule has 1 fully saturated rings. The van der Waals surface area contributed by atoms with E-state index in [0.717, 1.165) is 23.3 Å². The van der Waals surface area contributed by atoms with E-state index in [1.54, 1.807) is 4.90 Å². The molecule has 1 aromatic heterocycles. The first kappa shape index (κ1) is 17.7. The number of fused-ring (bicyclic) bond motifs is 1. The summed E-state index contributed by atoms with van der Waals surface area (Å²) in [5.41, 5.74) is 6.20. The molecule has 0 spiro atoms. The van der Waals surface area contributed by atoms with E-state index in [2.05, 4.69) is 5.32 Å². The average molecular weight is 365 g/mol. The second-order valence-corrected chi connectivity index (χ2v) is 8.59. The molecule has 2 heterocycles. The maximum Gasteiger partial charge on any atom is 0.410 e. The van der Waals surface area contributed by atoms with Crippen molar-refractivity contribution < 1.29 is 19.1 Å². The van der Waals surface area contributed by atoms with Crippen LogP contribution in [0.3, 0.4) is 0 Å². The van der Waals surface area contributed by atoms with Gasteiger partial charge in [-0.25, -0.2) is 4.79 Å². The Morgan fingerprint density at radius 2 is 1.96 bits per heavy atom. The first-order chi connectivity index (χ1) is 11.7. The molecule has 25 heavy (non-hydrogen) atoms. The summed E-state index contributed by atoms with van der Waals surface area (Å²) in [5, 5.41) is 3.34.